The molecule has 0 unspecified atom stereocenters. The molecule has 0 atom stereocenters. The summed E-state index contributed by atoms with van der Waals surface area (Å²) >= 11 is 5.93. The average Bonchev–Trinajstić information content (AvgIpc) is 3.05. The molecule has 0 saturated carbocycles. The minimum Gasteiger partial charge on any atom is -0.493 e. The van der Waals surface area contributed by atoms with Crippen molar-refractivity contribution in [1.29, 1.82) is 0 Å². The van der Waals surface area contributed by atoms with E-state index in [0.717, 1.165) is 47.2 Å². The van der Waals surface area contributed by atoms with Crippen LogP contribution in [0.25, 0.3) is 16.9 Å². The number of ether oxygens (including phenoxy) is 1. The number of hydrogen-bond donors (Lipinski definition) is 0. The zero-order valence-electron chi connectivity index (χ0n) is 12.0. The molecule has 0 N–H and O–H groups in total. The van der Waals surface area contributed by atoms with E-state index in [1.165, 1.54) is 5.56 Å². The van der Waals surface area contributed by atoms with E-state index in [4.69, 9.17) is 16.3 Å². The highest BCUT2D eigenvalue weighted by molar-refractivity contribution is 6.30. The van der Waals surface area contributed by atoms with Gasteiger partial charge >= 0.3 is 0 Å². The molecule has 0 amide bonds. The quantitative estimate of drug-likeness (QED) is 0.696. The molecule has 4 rings (SSSR count). The SMILES string of the molecule is Clc1ccc(-c2ccn(-c3ccc4c(c3)CCCO4)n2)cc1. The molecule has 110 valence electrons. The molecule has 1 aliphatic rings. The molecule has 0 saturated heterocycles. The number of nitrogens with zero attached hydrogens (tertiary/aromatic N) is 2. The summed E-state index contributed by atoms with van der Waals surface area (Å²) in [6.45, 7) is 0.814. The van der Waals surface area contributed by atoms with Crippen LogP contribution in [0.2, 0.25) is 5.02 Å². The van der Waals surface area contributed by atoms with Gasteiger partial charge in [-0.3, -0.25) is 0 Å². The first-order chi connectivity index (χ1) is 10.8. The number of aryl methyl sites for hydroxylation is 1. The van der Waals surface area contributed by atoms with Gasteiger partial charge < -0.3 is 4.74 Å². The Morgan fingerprint density at radius 2 is 1.91 bits per heavy atom. The van der Waals surface area contributed by atoms with Crippen LogP contribution in [-0.4, -0.2) is 16.4 Å². The van der Waals surface area contributed by atoms with E-state index in [0.29, 0.717) is 0 Å². The molecule has 0 fully saturated rings. The van der Waals surface area contributed by atoms with Gasteiger partial charge in [0.25, 0.3) is 0 Å². The van der Waals surface area contributed by atoms with Crippen molar-refractivity contribution >= 4 is 11.6 Å². The molecule has 0 bridgehead atoms. The first-order valence-electron chi connectivity index (χ1n) is 7.37. The molecule has 3 aromatic rings. The second kappa shape index (κ2) is 5.50. The lowest BCUT2D eigenvalue weighted by molar-refractivity contribution is 0.288. The van der Waals surface area contributed by atoms with E-state index < -0.39 is 0 Å². The minimum absolute atomic E-state index is 0.734. The van der Waals surface area contributed by atoms with Crippen LogP contribution in [0.5, 0.6) is 5.75 Å². The third-order valence-corrected chi connectivity index (χ3v) is 4.14. The number of benzene rings is 2. The van der Waals surface area contributed by atoms with Crippen molar-refractivity contribution in [2.24, 2.45) is 0 Å². The fraction of sp³-hybridized carbons (Fsp3) is 0.167. The van der Waals surface area contributed by atoms with Crippen LogP contribution in [-0.2, 0) is 6.42 Å². The van der Waals surface area contributed by atoms with E-state index in [1.54, 1.807) is 0 Å². The van der Waals surface area contributed by atoms with Crippen molar-refractivity contribution in [2.75, 3.05) is 6.61 Å². The summed E-state index contributed by atoms with van der Waals surface area (Å²) in [5.74, 6) is 1.00. The van der Waals surface area contributed by atoms with Crippen molar-refractivity contribution in [3.8, 4) is 22.7 Å². The summed E-state index contributed by atoms with van der Waals surface area (Å²) in [7, 11) is 0. The lowest BCUT2D eigenvalue weighted by Gasteiger charge is -2.17. The summed E-state index contributed by atoms with van der Waals surface area (Å²) in [5.41, 5.74) is 4.31. The van der Waals surface area contributed by atoms with Crippen LogP contribution >= 0.6 is 11.6 Å². The van der Waals surface area contributed by atoms with Gasteiger partial charge in [0.1, 0.15) is 5.75 Å². The lowest BCUT2D eigenvalue weighted by atomic mass is 10.1. The Morgan fingerprint density at radius 3 is 2.77 bits per heavy atom. The summed E-state index contributed by atoms with van der Waals surface area (Å²) in [6.07, 6.45) is 4.12. The maximum absolute atomic E-state index is 5.93. The Balaban J connectivity index is 1.68. The number of halogens is 1. The van der Waals surface area contributed by atoms with Crippen LogP contribution in [0.4, 0.5) is 0 Å². The highest BCUT2D eigenvalue weighted by atomic mass is 35.5. The van der Waals surface area contributed by atoms with Gasteiger partial charge in [0.15, 0.2) is 0 Å². The van der Waals surface area contributed by atoms with E-state index in [2.05, 4.69) is 11.2 Å². The van der Waals surface area contributed by atoms with E-state index >= 15 is 0 Å². The molecule has 2 heterocycles. The molecule has 2 aromatic carbocycles. The first kappa shape index (κ1) is 13.4. The van der Waals surface area contributed by atoms with Crippen LogP contribution in [0.3, 0.4) is 0 Å². The fourth-order valence-corrected chi connectivity index (χ4v) is 2.86. The van der Waals surface area contributed by atoms with E-state index in [-0.39, 0.29) is 0 Å². The Hall–Kier alpha value is -2.26. The van der Waals surface area contributed by atoms with Gasteiger partial charge in [-0.2, -0.15) is 5.10 Å². The third kappa shape index (κ3) is 2.48. The van der Waals surface area contributed by atoms with Crippen LogP contribution in [0.1, 0.15) is 12.0 Å². The molecule has 3 nitrogen and oxygen atoms in total. The molecule has 0 aliphatic carbocycles. The Morgan fingerprint density at radius 1 is 1.05 bits per heavy atom. The smallest absolute Gasteiger partial charge is 0.122 e. The lowest BCUT2D eigenvalue weighted by Crippen LogP contribution is -2.09. The Labute approximate surface area is 134 Å². The highest BCUT2D eigenvalue weighted by Gasteiger charge is 2.12. The Bertz CT molecular complexity index is 808. The number of aromatic nitrogens is 2. The molecule has 0 radical (unpaired) electrons. The van der Waals surface area contributed by atoms with Crippen molar-refractivity contribution in [1.82, 2.24) is 9.78 Å². The van der Waals surface area contributed by atoms with Gasteiger partial charge in [-0.1, -0.05) is 23.7 Å². The summed E-state index contributed by atoms with van der Waals surface area (Å²) in [4.78, 5) is 0. The molecule has 22 heavy (non-hydrogen) atoms. The molecule has 0 spiro atoms. The largest absolute Gasteiger partial charge is 0.493 e. The predicted octanol–water partition coefficient (Wildman–Crippen LogP) is 4.52. The zero-order chi connectivity index (χ0) is 14.9. The number of fused-ring (bicyclic) bond motifs is 1. The van der Waals surface area contributed by atoms with Crippen LogP contribution in [0.15, 0.2) is 54.7 Å². The number of rotatable bonds is 2. The van der Waals surface area contributed by atoms with Gasteiger partial charge in [-0.05, 0) is 54.8 Å². The van der Waals surface area contributed by atoms with Crippen molar-refractivity contribution in [3.05, 3.63) is 65.3 Å². The molecular weight excluding hydrogens is 296 g/mol. The van der Waals surface area contributed by atoms with E-state index in [9.17, 15) is 0 Å². The van der Waals surface area contributed by atoms with Crippen molar-refractivity contribution in [3.63, 3.8) is 0 Å². The highest BCUT2D eigenvalue weighted by Crippen LogP contribution is 2.27. The molecular formula is C18H15ClN2O. The summed E-state index contributed by atoms with van der Waals surface area (Å²) in [5, 5.41) is 5.40. The van der Waals surface area contributed by atoms with Gasteiger partial charge in [0.2, 0.25) is 0 Å². The zero-order valence-corrected chi connectivity index (χ0v) is 12.8. The maximum Gasteiger partial charge on any atom is 0.122 e. The first-order valence-corrected chi connectivity index (χ1v) is 7.75. The maximum atomic E-state index is 5.93. The van der Waals surface area contributed by atoms with Crippen molar-refractivity contribution < 1.29 is 4.74 Å². The second-order valence-electron chi connectivity index (χ2n) is 5.40. The van der Waals surface area contributed by atoms with Crippen LogP contribution < -0.4 is 4.74 Å². The van der Waals surface area contributed by atoms with Gasteiger partial charge in [0.05, 0.1) is 18.0 Å². The van der Waals surface area contributed by atoms with Gasteiger partial charge in [-0.25, -0.2) is 4.68 Å². The second-order valence-corrected chi connectivity index (χ2v) is 5.83. The van der Waals surface area contributed by atoms with Gasteiger partial charge in [-0.15, -0.1) is 0 Å². The monoisotopic (exact) mass is 310 g/mol. The summed E-state index contributed by atoms with van der Waals surface area (Å²) in [6, 6.07) is 16.0. The van der Waals surface area contributed by atoms with Crippen LogP contribution in [0, 0.1) is 0 Å². The molecule has 1 aliphatic heterocycles. The average molecular weight is 311 g/mol. The molecule has 1 aromatic heterocycles. The normalized spacial score (nSPS) is 13.5. The Kier molecular flexibility index (Phi) is 3.35. The standard InChI is InChI=1S/C18H15ClN2O/c19-15-5-3-13(4-6-15)17-9-10-21(20-17)16-7-8-18-14(12-16)2-1-11-22-18/h3-10,12H,1-2,11H2. The third-order valence-electron chi connectivity index (χ3n) is 3.89. The van der Waals surface area contributed by atoms with Crippen molar-refractivity contribution in [2.45, 2.75) is 12.8 Å². The molecule has 4 heteroatoms. The van der Waals surface area contributed by atoms with Gasteiger partial charge in [0, 0.05) is 16.8 Å². The minimum atomic E-state index is 0.734. The predicted molar refractivity (Wildman–Crippen MR) is 87.8 cm³/mol. The fourth-order valence-electron chi connectivity index (χ4n) is 2.73. The number of hydrogen-bond acceptors (Lipinski definition) is 2. The summed E-state index contributed by atoms with van der Waals surface area (Å²) < 4.78 is 7.56. The topological polar surface area (TPSA) is 27.1 Å². The van der Waals surface area contributed by atoms with E-state index in [1.807, 2.05) is 53.3 Å².